The Morgan fingerprint density at radius 2 is 2.19 bits per heavy atom. The molecule has 0 aliphatic carbocycles. The molecule has 2 rings (SSSR count). The van der Waals surface area contributed by atoms with E-state index in [2.05, 4.69) is 10.2 Å². The highest BCUT2D eigenvalue weighted by Crippen LogP contribution is 2.26. The van der Waals surface area contributed by atoms with E-state index in [9.17, 15) is 9.90 Å². The largest absolute Gasteiger partial charge is 0.480 e. The second-order valence-electron chi connectivity index (χ2n) is 5.57. The fourth-order valence-electron chi connectivity index (χ4n) is 2.87. The summed E-state index contributed by atoms with van der Waals surface area (Å²) in [5.41, 5.74) is -0.259. The van der Waals surface area contributed by atoms with E-state index < -0.39 is 11.5 Å². The second-order valence-corrected chi connectivity index (χ2v) is 5.57. The topological polar surface area (TPSA) is 61.8 Å². The summed E-state index contributed by atoms with van der Waals surface area (Å²) < 4.78 is 5.39. The number of carboxylic acid groups (broad SMARTS) is 1. The average Bonchev–Trinajstić information content (AvgIpc) is 3.03. The van der Waals surface area contributed by atoms with E-state index in [0.29, 0.717) is 19.0 Å². The monoisotopic (exact) mass is 292 g/mol. The van der Waals surface area contributed by atoms with Crippen molar-refractivity contribution in [2.75, 3.05) is 33.9 Å². The molecule has 0 amide bonds. The Labute approximate surface area is 125 Å². The first-order chi connectivity index (χ1) is 10.1. The summed E-state index contributed by atoms with van der Waals surface area (Å²) in [4.78, 5) is 14.1. The maximum Gasteiger partial charge on any atom is 0.328 e. The molecule has 0 spiro atoms. The van der Waals surface area contributed by atoms with E-state index >= 15 is 0 Å². The van der Waals surface area contributed by atoms with Crippen molar-refractivity contribution in [1.29, 1.82) is 0 Å². The number of aliphatic carboxylic acids is 1. The van der Waals surface area contributed by atoms with Gasteiger partial charge in [-0.3, -0.25) is 0 Å². The Morgan fingerprint density at radius 3 is 2.71 bits per heavy atom. The molecule has 0 radical (unpaired) electrons. The van der Waals surface area contributed by atoms with E-state index in [1.165, 1.54) is 0 Å². The molecule has 2 unspecified atom stereocenters. The fourth-order valence-corrected chi connectivity index (χ4v) is 2.87. The molecule has 1 fully saturated rings. The van der Waals surface area contributed by atoms with Gasteiger partial charge in [0.05, 0.1) is 6.61 Å². The lowest BCUT2D eigenvalue weighted by atomic mass is 9.86. The van der Waals surface area contributed by atoms with Crippen LogP contribution < -0.4 is 5.32 Å². The summed E-state index contributed by atoms with van der Waals surface area (Å²) in [7, 11) is 3.74. The van der Waals surface area contributed by atoms with Crippen molar-refractivity contribution >= 4 is 5.97 Å². The van der Waals surface area contributed by atoms with Crippen molar-refractivity contribution in [1.82, 2.24) is 10.2 Å². The van der Waals surface area contributed by atoms with Crippen molar-refractivity contribution in [2.24, 2.45) is 0 Å². The third-order valence-electron chi connectivity index (χ3n) is 4.43. The van der Waals surface area contributed by atoms with Crippen LogP contribution in [0, 0.1) is 0 Å². The third kappa shape index (κ3) is 3.43. The second kappa shape index (κ2) is 7.02. The maximum atomic E-state index is 11.9. The zero-order valence-electron chi connectivity index (χ0n) is 12.7. The van der Waals surface area contributed by atoms with Crippen LogP contribution in [-0.2, 0) is 15.1 Å². The molecule has 0 aromatic heterocycles. The van der Waals surface area contributed by atoms with Crippen molar-refractivity contribution in [3.63, 3.8) is 0 Å². The lowest BCUT2D eigenvalue weighted by molar-refractivity contribution is -0.145. The van der Waals surface area contributed by atoms with Crippen LogP contribution in [-0.4, -0.2) is 55.9 Å². The highest BCUT2D eigenvalue weighted by molar-refractivity contribution is 5.80. The Kier molecular flexibility index (Phi) is 5.33. The predicted octanol–water partition coefficient (Wildman–Crippen LogP) is 1.30. The number of carboxylic acids is 1. The predicted molar refractivity (Wildman–Crippen MR) is 81.3 cm³/mol. The van der Waals surface area contributed by atoms with Gasteiger partial charge in [0.1, 0.15) is 5.54 Å². The summed E-state index contributed by atoms with van der Waals surface area (Å²) >= 11 is 0. The first-order valence-corrected chi connectivity index (χ1v) is 7.36. The fraction of sp³-hybridized carbons (Fsp3) is 0.562. The summed E-state index contributed by atoms with van der Waals surface area (Å²) in [6.45, 7) is 2.24. The maximum absolute atomic E-state index is 11.9. The van der Waals surface area contributed by atoms with Crippen LogP contribution in [0.25, 0.3) is 0 Å². The lowest BCUT2D eigenvalue weighted by Gasteiger charge is -2.33. The summed E-state index contributed by atoms with van der Waals surface area (Å²) in [6, 6.07) is 9.77. The van der Waals surface area contributed by atoms with Gasteiger partial charge in [-0.05, 0) is 32.5 Å². The minimum atomic E-state index is -1.05. The Morgan fingerprint density at radius 1 is 1.48 bits per heavy atom. The zero-order valence-corrected chi connectivity index (χ0v) is 12.7. The van der Waals surface area contributed by atoms with Gasteiger partial charge in [0.25, 0.3) is 0 Å². The highest BCUT2D eigenvalue weighted by atomic mass is 16.5. The van der Waals surface area contributed by atoms with E-state index in [1.54, 1.807) is 7.05 Å². The first kappa shape index (κ1) is 15.9. The number of hydrogen-bond acceptors (Lipinski definition) is 4. The van der Waals surface area contributed by atoms with Crippen LogP contribution in [0.15, 0.2) is 30.3 Å². The molecule has 1 aromatic rings. The molecular formula is C16H24N2O3. The molecule has 1 aliphatic rings. The first-order valence-electron chi connectivity index (χ1n) is 7.36. The van der Waals surface area contributed by atoms with Crippen LogP contribution >= 0.6 is 0 Å². The van der Waals surface area contributed by atoms with E-state index in [1.807, 2.05) is 37.4 Å². The van der Waals surface area contributed by atoms with Crippen molar-refractivity contribution < 1.29 is 14.6 Å². The highest BCUT2D eigenvalue weighted by Gasteiger charge is 2.39. The molecule has 0 bridgehead atoms. The molecule has 21 heavy (non-hydrogen) atoms. The van der Waals surface area contributed by atoms with Crippen LogP contribution in [0.2, 0.25) is 0 Å². The minimum absolute atomic E-state index is 0.393. The van der Waals surface area contributed by atoms with E-state index in [0.717, 1.165) is 25.2 Å². The van der Waals surface area contributed by atoms with E-state index in [4.69, 9.17) is 4.74 Å². The molecule has 1 saturated heterocycles. The Hall–Kier alpha value is -1.43. The summed E-state index contributed by atoms with van der Waals surface area (Å²) in [5, 5.41) is 12.8. The summed E-state index contributed by atoms with van der Waals surface area (Å²) in [5.74, 6) is -0.840. The van der Waals surface area contributed by atoms with Gasteiger partial charge >= 0.3 is 5.97 Å². The Bertz CT molecular complexity index is 460. The van der Waals surface area contributed by atoms with Crippen molar-refractivity contribution in [2.45, 2.75) is 24.4 Å². The van der Waals surface area contributed by atoms with Crippen molar-refractivity contribution in [3.05, 3.63) is 35.9 Å². The molecule has 1 aliphatic heterocycles. The SMILES string of the molecule is CNC(CCN(C)C1CCOC1)(C(=O)O)c1ccccc1. The molecule has 2 atom stereocenters. The van der Waals surface area contributed by atoms with Crippen LogP contribution in [0.1, 0.15) is 18.4 Å². The number of rotatable bonds is 7. The normalized spacial score (nSPS) is 21.4. The van der Waals surface area contributed by atoms with Gasteiger partial charge in [-0.2, -0.15) is 0 Å². The van der Waals surface area contributed by atoms with Gasteiger partial charge < -0.3 is 20.1 Å². The number of hydrogen-bond donors (Lipinski definition) is 2. The minimum Gasteiger partial charge on any atom is -0.480 e. The zero-order chi connectivity index (χ0) is 15.3. The van der Waals surface area contributed by atoms with Gasteiger partial charge in [-0.1, -0.05) is 30.3 Å². The summed E-state index contributed by atoms with van der Waals surface area (Å²) in [6.07, 6.45) is 1.53. The van der Waals surface area contributed by atoms with Gasteiger partial charge in [-0.25, -0.2) is 4.79 Å². The van der Waals surface area contributed by atoms with Gasteiger partial charge in [-0.15, -0.1) is 0 Å². The number of carbonyl (C=O) groups is 1. The molecule has 116 valence electrons. The standard InChI is InChI=1S/C16H24N2O3/c1-17-16(15(19)20,13-6-4-3-5-7-13)9-10-18(2)14-8-11-21-12-14/h3-7,14,17H,8-12H2,1-2H3,(H,19,20). The number of ether oxygens (including phenoxy) is 1. The van der Waals surface area contributed by atoms with Gasteiger partial charge in [0, 0.05) is 19.2 Å². The van der Waals surface area contributed by atoms with Crippen LogP contribution in [0.3, 0.4) is 0 Å². The van der Waals surface area contributed by atoms with Crippen LogP contribution in [0.5, 0.6) is 0 Å². The number of benzene rings is 1. The van der Waals surface area contributed by atoms with Crippen LogP contribution in [0.4, 0.5) is 0 Å². The molecule has 0 saturated carbocycles. The van der Waals surface area contributed by atoms with Crippen molar-refractivity contribution in [3.8, 4) is 0 Å². The molecule has 1 aromatic carbocycles. The number of likely N-dealkylation sites (N-methyl/N-ethyl adjacent to an activating group) is 2. The quantitative estimate of drug-likeness (QED) is 0.793. The lowest BCUT2D eigenvalue weighted by Crippen LogP contribution is -2.50. The van der Waals surface area contributed by atoms with Gasteiger partial charge in [0.15, 0.2) is 0 Å². The third-order valence-corrected chi connectivity index (χ3v) is 4.43. The smallest absolute Gasteiger partial charge is 0.328 e. The molecule has 2 N–H and O–H groups in total. The average molecular weight is 292 g/mol. The Balaban J connectivity index is 2.11. The molecule has 5 heteroatoms. The van der Waals surface area contributed by atoms with Gasteiger partial charge in [0.2, 0.25) is 0 Å². The van der Waals surface area contributed by atoms with E-state index in [-0.39, 0.29) is 0 Å². The number of nitrogens with one attached hydrogen (secondary N) is 1. The molecular weight excluding hydrogens is 268 g/mol. The number of nitrogens with zero attached hydrogens (tertiary/aromatic N) is 1. The molecule has 5 nitrogen and oxygen atoms in total. The molecule has 1 heterocycles.